The molecule has 1 amide bonds. The van der Waals surface area contributed by atoms with Gasteiger partial charge in [0.2, 0.25) is 17.6 Å². The summed E-state index contributed by atoms with van der Waals surface area (Å²) in [6.07, 6.45) is 3.28. The predicted octanol–water partition coefficient (Wildman–Crippen LogP) is -0.294. The zero-order chi connectivity index (χ0) is 12.1. The van der Waals surface area contributed by atoms with Crippen molar-refractivity contribution in [2.24, 2.45) is 5.73 Å². The molecule has 0 aliphatic carbocycles. The SMILES string of the molecule is NCC(=O)NCc1nc(-c2ccncc2)no1. The van der Waals surface area contributed by atoms with Crippen LogP contribution >= 0.6 is 0 Å². The molecule has 0 aromatic carbocycles. The standard InChI is InChI=1S/C10H11N5O2/c11-5-8(16)13-6-9-14-10(15-17-9)7-1-3-12-4-2-7/h1-4H,5-6,11H2,(H,13,16). The van der Waals surface area contributed by atoms with E-state index < -0.39 is 0 Å². The molecule has 0 aliphatic rings. The summed E-state index contributed by atoms with van der Waals surface area (Å²) in [5.74, 6) is 0.525. The summed E-state index contributed by atoms with van der Waals surface area (Å²) in [5.41, 5.74) is 5.95. The molecule has 17 heavy (non-hydrogen) atoms. The van der Waals surface area contributed by atoms with E-state index >= 15 is 0 Å². The van der Waals surface area contributed by atoms with E-state index in [2.05, 4.69) is 20.4 Å². The molecule has 0 unspecified atom stereocenters. The molecule has 88 valence electrons. The van der Waals surface area contributed by atoms with Gasteiger partial charge in [0, 0.05) is 18.0 Å². The highest BCUT2D eigenvalue weighted by atomic mass is 16.5. The lowest BCUT2D eigenvalue weighted by atomic mass is 10.2. The Labute approximate surface area is 97.0 Å². The van der Waals surface area contributed by atoms with Gasteiger partial charge in [-0.2, -0.15) is 4.98 Å². The Morgan fingerprint density at radius 3 is 2.88 bits per heavy atom. The topological polar surface area (TPSA) is 107 Å². The molecule has 0 saturated carbocycles. The number of nitrogens with zero attached hydrogens (tertiary/aromatic N) is 3. The number of hydrogen-bond acceptors (Lipinski definition) is 6. The molecule has 3 N–H and O–H groups in total. The Kier molecular flexibility index (Phi) is 3.41. The molecule has 0 saturated heterocycles. The van der Waals surface area contributed by atoms with E-state index in [-0.39, 0.29) is 19.0 Å². The first-order valence-electron chi connectivity index (χ1n) is 4.99. The number of pyridine rings is 1. The Morgan fingerprint density at radius 1 is 1.41 bits per heavy atom. The van der Waals surface area contributed by atoms with Crippen LogP contribution < -0.4 is 11.1 Å². The van der Waals surface area contributed by atoms with Crippen molar-refractivity contribution in [1.29, 1.82) is 0 Å². The minimum atomic E-state index is -0.270. The molecular weight excluding hydrogens is 222 g/mol. The molecule has 0 spiro atoms. The Bertz CT molecular complexity index is 496. The monoisotopic (exact) mass is 233 g/mol. The molecule has 7 nitrogen and oxygen atoms in total. The fraction of sp³-hybridized carbons (Fsp3) is 0.200. The summed E-state index contributed by atoms with van der Waals surface area (Å²) < 4.78 is 4.98. The molecule has 2 aromatic rings. The fourth-order valence-corrected chi connectivity index (χ4v) is 1.19. The maximum absolute atomic E-state index is 10.9. The highest BCUT2D eigenvalue weighted by molar-refractivity contribution is 5.77. The van der Waals surface area contributed by atoms with Crippen LogP contribution in [0.1, 0.15) is 5.89 Å². The van der Waals surface area contributed by atoms with E-state index in [1.54, 1.807) is 24.5 Å². The number of nitrogens with one attached hydrogen (secondary N) is 1. The predicted molar refractivity (Wildman–Crippen MR) is 58.4 cm³/mol. The van der Waals surface area contributed by atoms with E-state index in [9.17, 15) is 4.79 Å². The Morgan fingerprint density at radius 2 is 2.18 bits per heavy atom. The molecule has 0 aliphatic heterocycles. The van der Waals surface area contributed by atoms with Crippen LogP contribution in [-0.2, 0) is 11.3 Å². The van der Waals surface area contributed by atoms with E-state index in [1.807, 2.05) is 0 Å². The Hall–Kier alpha value is -2.28. The number of carbonyl (C=O) groups excluding carboxylic acids is 1. The molecule has 2 rings (SSSR count). The molecule has 2 heterocycles. The number of hydrogen-bond donors (Lipinski definition) is 2. The summed E-state index contributed by atoms with van der Waals surface area (Å²) >= 11 is 0. The maximum Gasteiger partial charge on any atom is 0.246 e. The third-order valence-corrected chi connectivity index (χ3v) is 2.03. The fourth-order valence-electron chi connectivity index (χ4n) is 1.19. The third-order valence-electron chi connectivity index (χ3n) is 2.03. The first-order chi connectivity index (χ1) is 8.29. The summed E-state index contributed by atoms with van der Waals surface area (Å²) in [6, 6.07) is 3.54. The van der Waals surface area contributed by atoms with Crippen LogP contribution in [0.3, 0.4) is 0 Å². The largest absolute Gasteiger partial charge is 0.346 e. The van der Waals surface area contributed by atoms with Gasteiger partial charge < -0.3 is 15.6 Å². The second kappa shape index (κ2) is 5.17. The lowest BCUT2D eigenvalue weighted by Gasteiger charge is -1.96. The van der Waals surface area contributed by atoms with Crippen molar-refractivity contribution in [3.8, 4) is 11.4 Å². The van der Waals surface area contributed by atoms with Crippen molar-refractivity contribution in [3.05, 3.63) is 30.4 Å². The summed E-state index contributed by atoms with van der Waals surface area (Å²) in [6.45, 7) is 0.111. The van der Waals surface area contributed by atoms with Crippen LogP contribution in [0.25, 0.3) is 11.4 Å². The van der Waals surface area contributed by atoms with Crippen molar-refractivity contribution in [3.63, 3.8) is 0 Å². The number of carbonyl (C=O) groups is 1. The normalized spacial score (nSPS) is 10.2. The minimum absolute atomic E-state index is 0.0641. The first kappa shape index (κ1) is 11.2. The second-order valence-corrected chi connectivity index (χ2v) is 3.23. The molecule has 0 atom stereocenters. The van der Waals surface area contributed by atoms with Gasteiger partial charge in [-0.25, -0.2) is 0 Å². The van der Waals surface area contributed by atoms with E-state index in [1.165, 1.54) is 0 Å². The smallest absolute Gasteiger partial charge is 0.246 e. The average Bonchev–Trinajstić information content (AvgIpc) is 2.86. The van der Waals surface area contributed by atoms with Crippen LogP contribution in [0.5, 0.6) is 0 Å². The molecular formula is C10H11N5O2. The summed E-state index contributed by atoms with van der Waals surface area (Å²) in [7, 11) is 0. The lowest BCUT2D eigenvalue weighted by Crippen LogP contribution is -2.29. The molecule has 0 bridgehead atoms. The van der Waals surface area contributed by atoms with E-state index in [4.69, 9.17) is 10.3 Å². The van der Waals surface area contributed by atoms with Crippen molar-refractivity contribution in [1.82, 2.24) is 20.4 Å². The van der Waals surface area contributed by atoms with Gasteiger partial charge in [-0.15, -0.1) is 0 Å². The van der Waals surface area contributed by atoms with Gasteiger partial charge in [-0.05, 0) is 12.1 Å². The minimum Gasteiger partial charge on any atom is -0.346 e. The third kappa shape index (κ3) is 2.85. The Balaban J connectivity index is 2.04. The summed E-state index contributed by atoms with van der Waals surface area (Å²) in [4.78, 5) is 18.9. The molecule has 0 fully saturated rings. The van der Waals surface area contributed by atoms with Crippen molar-refractivity contribution >= 4 is 5.91 Å². The van der Waals surface area contributed by atoms with Crippen LogP contribution in [0, 0.1) is 0 Å². The second-order valence-electron chi connectivity index (χ2n) is 3.23. The van der Waals surface area contributed by atoms with Gasteiger partial charge in [0.05, 0.1) is 13.1 Å². The van der Waals surface area contributed by atoms with Gasteiger partial charge >= 0.3 is 0 Å². The number of nitrogens with two attached hydrogens (primary N) is 1. The van der Waals surface area contributed by atoms with Gasteiger partial charge in [-0.1, -0.05) is 5.16 Å². The van der Waals surface area contributed by atoms with E-state index in [0.29, 0.717) is 11.7 Å². The highest BCUT2D eigenvalue weighted by Crippen LogP contribution is 2.13. The zero-order valence-electron chi connectivity index (χ0n) is 8.96. The van der Waals surface area contributed by atoms with Crippen molar-refractivity contribution in [2.45, 2.75) is 6.54 Å². The zero-order valence-corrected chi connectivity index (χ0v) is 8.96. The van der Waals surface area contributed by atoms with Crippen LogP contribution in [-0.4, -0.2) is 27.6 Å². The first-order valence-corrected chi connectivity index (χ1v) is 4.99. The van der Waals surface area contributed by atoms with Crippen molar-refractivity contribution < 1.29 is 9.32 Å². The van der Waals surface area contributed by atoms with Crippen molar-refractivity contribution in [2.75, 3.05) is 6.54 Å². The number of amides is 1. The van der Waals surface area contributed by atoms with Crippen LogP contribution in [0.2, 0.25) is 0 Å². The van der Waals surface area contributed by atoms with Gasteiger partial charge in [0.15, 0.2) is 0 Å². The molecule has 0 radical (unpaired) electrons. The summed E-state index contributed by atoms with van der Waals surface area (Å²) in [5, 5.41) is 6.33. The van der Waals surface area contributed by atoms with Gasteiger partial charge in [-0.3, -0.25) is 9.78 Å². The molecule has 2 aromatic heterocycles. The highest BCUT2D eigenvalue weighted by Gasteiger charge is 2.08. The number of aromatic nitrogens is 3. The van der Waals surface area contributed by atoms with Gasteiger partial charge in [0.1, 0.15) is 0 Å². The quantitative estimate of drug-likeness (QED) is 0.751. The maximum atomic E-state index is 10.9. The van der Waals surface area contributed by atoms with Crippen LogP contribution in [0.4, 0.5) is 0 Å². The number of rotatable bonds is 4. The average molecular weight is 233 g/mol. The van der Waals surface area contributed by atoms with E-state index in [0.717, 1.165) is 5.56 Å². The van der Waals surface area contributed by atoms with Gasteiger partial charge in [0.25, 0.3) is 0 Å². The van der Waals surface area contributed by atoms with Crippen LogP contribution in [0.15, 0.2) is 29.0 Å². The molecule has 7 heteroatoms. The lowest BCUT2D eigenvalue weighted by molar-refractivity contribution is -0.120.